The molecule has 1 aliphatic carbocycles. The van der Waals surface area contributed by atoms with E-state index in [1.54, 1.807) is 18.2 Å². The molecule has 2 amide bonds. The summed E-state index contributed by atoms with van der Waals surface area (Å²) in [6, 6.07) is 14.7. The van der Waals surface area contributed by atoms with Crippen molar-refractivity contribution in [2.24, 2.45) is 5.73 Å². The standard InChI is InChI=1S/C18H18N2O2/c19-17(21)13-7-3-8-14(11-13)18(22)20-16-10-4-6-12-5-1-2-9-15(12)16/h1-3,5,7-9,11,16H,4,6,10H2,(H2,19,21)(H,20,22)/t16-/m1/s1. The number of rotatable bonds is 3. The summed E-state index contributed by atoms with van der Waals surface area (Å²) in [6.07, 6.45) is 3.04. The summed E-state index contributed by atoms with van der Waals surface area (Å²) < 4.78 is 0. The van der Waals surface area contributed by atoms with Gasteiger partial charge in [-0.25, -0.2) is 0 Å². The smallest absolute Gasteiger partial charge is 0.251 e. The second kappa shape index (κ2) is 6.02. The van der Waals surface area contributed by atoms with Crippen molar-refractivity contribution in [1.29, 1.82) is 0 Å². The summed E-state index contributed by atoms with van der Waals surface area (Å²) in [5, 5.41) is 3.07. The highest BCUT2D eigenvalue weighted by Gasteiger charge is 2.22. The Morgan fingerprint density at radius 3 is 2.64 bits per heavy atom. The van der Waals surface area contributed by atoms with Crippen LogP contribution in [0.2, 0.25) is 0 Å². The molecule has 4 nitrogen and oxygen atoms in total. The topological polar surface area (TPSA) is 72.2 Å². The Kier molecular flexibility index (Phi) is 3.92. The maximum atomic E-state index is 12.4. The first-order valence-corrected chi connectivity index (χ1v) is 7.43. The van der Waals surface area contributed by atoms with Crippen LogP contribution in [0.3, 0.4) is 0 Å². The maximum Gasteiger partial charge on any atom is 0.251 e. The van der Waals surface area contributed by atoms with Gasteiger partial charge in [0.15, 0.2) is 0 Å². The highest BCUT2D eigenvalue weighted by Crippen LogP contribution is 2.29. The number of carbonyl (C=O) groups excluding carboxylic acids is 2. The monoisotopic (exact) mass is 294 g/mol. The summed E-state index contributed by atoms with van der Waals surface area (Å²) in [5.74, 6) is -0.706. The molecule has 1 atom stereocenters. The first-order chi connectivity index (χ1) is 10.6. The molecule has 0 unspecified atom stereocenters. The number of aryl methyl sites for hydroxylation is 1. The fourth-order valence-electron chi connectivity index (χ4n) is 2.96. The van der Waals surface area contributed by atoms with Gasteiger partial charge in [0.2, 0.25) is 5.91 Å². The fraction of sp³-hybridized carbons (Fsp3) is 0.222. The Balaban J connectivity index is 1.81. The van der Waals surface area contributed by atoms with Crippen LogP contribution in [-0.4, -0.2) is 11.8 Å². The van der Waals surface area contributed by atoms with Crippen molar-refractivity contribution in [3.05, 3.63) is 70.8 Å². The van der Waals surface area contributed by atoms with Crippen LogP contribution in [0.25, 0.3) is 0 Å². The molecule has 0 fully saturated rings. The van der Waals surface area contributed by atoms with E-state index < -0.39 is 5.91 Å². The molecule has 2 aromatic rings. The number of nitrogens with two attached hydrogens (primary N) is 1. The number of benzene rings is 2. The minimum absolute atomic E-state index is 0.0229. The SMILES string of the molecule is NC(=O)c1cccc(C(=O)N[C@@H]2CCCc3ccccc32)c1. The van der Waals surface area contributed by atoms with Crippen LogP contribution in [0.1, 0.15) is 50.7 Å². The predicted octanol–water partition coefficient (Wildman–Crippen LogP) is 2.59. The van der Waals surface area contributed by atoms with Crippen LogP contribution in [-0.2, 0) is 6.42 Å². The van der Waals surface area contributed by atoms with Crippen LogP contribution in [0.15, 0.2) is 48.5 Å². The quantitative estimate of drug-likeness (QED) is 0.913. The molecular formula is C18H18N2O2. The number of carbonyl (C=O) groups is 2. The van der Waals surface area contributed by atoms with Gasteiger partial charge >= 0.3 is 0 Å². The highest BCUT2D eigenvalue weighted by atomic mass is 16.2. The number of primary amides is 1. The van der Waals surface area contributed by atoms with Crippen molar-refractivity contribution in [3.8, 4) is 0 Å². The molecule has 0 bridgehead atoms. The van der Waals surface area contributed by atoms with Crippen LogP contribution in [0, 0.1) is 0 Å². The molecule has 0 spiro atoms. The van der Waals surface area contributed by atoms with Gasteiger partial charge in [-0.1, -0.05) is 30.3 Å². The summed E-state index contributed by atoms with van der Waals surface area (Å²) in [7, 11) is 0. The van der Waals surface area contributed by atoms with Crippen molar-refractivity contribution < 1.29 is 9.59 Å². The third-order valence-electron chi connectivity index (χ3n) is 4.08. The third kappa shape index (κ3) is 2.86. The van der Waals surface area contributed by atoms with E-state index in [2.05, 4.69) is 17.4 Å². The van der Waals surface area contributed by atoms with E-state index in [0.717, 1.165) is 19.3 Å². The van der Waals surface area contributed by atoms with Crippen LogP contribution in [0.5, 0.6) is 0 Å². The lowest BCUT2D eigenvalue weighted by Gasteiger charge is -2.26. The second-order valence-corrected chi connectivity index (χ2v) is 5.56. The van der Waals surface area contributed by atoms with E-state index >= 15 is 0 Å². The summed E-state index contributed by atoms with van der Waals surface area (Å²) >= 11 is 0. The summed E-state index contributed by atoms with van der Waals surface area (Å²) in [6.45, 7) is 0. The highest BCUT2D eigenvalue weighted by molar-refractivity contribution is 5.99. The average molecular weight is 294 g/mol. The minimum atomic E-state index is -0.530. The van der Waals surface area contributed by atoms with Crippen molar-refractivity contribution in [1.82, 2.24) is 5.32 Å². The van der Waals surface area contributed by atoms with Crippen molar-refractivity contribution >= 4 is 11.8 Å². The first-order valence-electron chi connectivity index (χ1n) is 7.43. The molecule has 22 heavy (non-hydrogen) atoms. The molecule has 0 saturated heterocycles. The molecule has 3 rings (SSSR count). The average Bonchev–Trinajstić information content (AvgIpc) is 2.55. The lowest BCUT2D eigenvalue weighted by molar-refractivity contribution is 0.0932. The molecule has 0 radical (unpaired) electrons. The van der Waals surface area contributed by atoms with Gasteiger partial charge in [-0.3, -0.25) is 9.59 Å². The van der Waals surface area contributed by atoms with E-state index in [9.17, 15) is 9.59 Å². The van der Waals surface area contributed by atoms with Crippen LogP contribution >= 0.6 is 0 Å². The minimum Gasteiger partial charge on any atom is -0.366 e. The van der Waals surface area contributed by atoms with E-state index in [1.807, 2.05) is 12.1 Å². The van der Waals surface area contributed by atoms with E-state index in [0.29, 0.717) is 11.1 Å². The molecule has 0 heterocycles. The van der Waals surface area contributed by atoms with Gasteiger partial charge in [-0.05, 0) is 48.6 Å². The van der Waals surface area contributed by atoms with Gasteiger partial charge in [0.1, 0.15) is 0 Å². The lowest BCUT2D eigenvalue weighted by atomic mass is 9.87. The second-order valence-electron chi connectivity index (χ2n) is 5.56. The molecule has 3 N–H and O–H groups in total. The zero-order valence-electron chi connectivity index (χ0n) is 12.2. The first kappa shape index (κ1) is 14.3. The molecule has 0 aliphatic heterocycles. The number of fused-ring (bicyclic) bond motifs is 1. The zero-order valence-corrected chi connectivity index (χ0v) is 12.2. The molecule has 1 aliphatic rings. The van der Waals surface area contributed by atoms with Crippen LogP contribution < -0.4 is 11.1 Å². The van der Waals surface area contributed by atoms with Crippen molar-refractivity contribution in [2.45, 2.75) is 25.3 Å². The maximum absolute atomic E-state index is 12.4. The number of hydrogen-bond acceptors (Lipinski definition) is 2. The van der Waals surface area contributed by atoms with Gasteiger partial charge in [0.05, 0.1) is 6.04 Å². The Labute approximate surface area is 129 Å². The Bertz CT molecular complexity index is 725. The molecular weight excluding hydrogens is 276 g/mol. The summed E-state index contributed by atoms with van der Waals surface area (Å²) in [4.78, 5) is 23.7. The van der Waals surface area contributed by atoms with Crippen molar-refractivity contribution in [2.75, 3.05) is 0 Å². The predicted molar refractivity (Wildman–Crippen MR) is 84.5 cm³/mol. The van der Waals surface area contributed by atoms with Crippen molar-refractivity contribution in [3.63, 3.8) is 0 Å². The third-order valence-corrected chi connectivity index (χ3v) is 4.08. The molecule has 2 aromatic carbocycles. The normalized spacial score (nSPS) is 16.6. The van der Waals surface area contributed by atoms with Gasteiger partial charge < -0.3 is 11.1 Å². The summed E-state index contributed by atoms with van der Waals surface area (Å²) in [5.41, 5.74) is 8.55. The van der Waals surface area contributed by atoms with Crippen LogP contribution in [0.4, 0.5) is 0 Å². The Hall–Kier alpha value is -2.62. The molecule has 0 aromatic heterocycles. The van der Waals surface area contributed by atoms with Gasteiger partial charge in [-0.2, -0.15) is 0 Å². The lowest BCUT2D eigenvalue weighted by Crippen LogP contribution is -2.31. The Morgan fingerprint density at radius 1 is 1.05 bits per heavy atom. The molecule has 0 saturated carbocycles. The van der Waals surface area contributed by atoms with E-state index in [1.165, 1.54) is 17.2 Å². The van der Waals surface area contributed by atoms with E-state index in [-0.39, 0.29) is 11.9 Å². The number of hydrogen-bond donors (Lipinski definition) is 2. The number of amides is 2. The number of nitrogens with one attached hydrogen (secondary N) is 1. The Morgan fingerprint density at radius 2 is 1.82 bits per heavy atom. The van der Waals surface area contributed by atoms with Gasteiger partial charge in [-0.15, -0.1) is 0 Å². The largest absolute Gasteiger partial charge is 0.366 e. The molecule has 4 heteroatoms. The van der Waals surface area contributed by atoms with Gasteiger partial charge in [0, 0.05) is 11.1 Å². The fourth-order valence-corrected chi connectivity index (χ4v) is 2.96. The molecule has 112 valence electrons. The van der Waals surface area contributed by atoms with Gasteiger partial charge in [0.25, 0.3) is 5.91 Å². The zero-order chi connectivity index (χ0) is 15.5. The van der Waals surface area contributed by atoms with E-state index in [4.69, 9.17) is 5.73 Å².